The minimum absolute atomic E-state index is 0.0249. The molecule has 2 aliphatic heterocycles. The third-order valence-corrected chi connectivity index (χ3v) is 3.79. The lowest BCUT2D eigenvalue weighted by Gasteiger charge is -2.19. The van der Waals surface area contributed by atoms with E-state index in [-0.39, 0.29) is 24.9 Å². The molecule has 0 aromatic carbocycles. The molecular weight excluding hydrogens is 316 g/mol. The minimum Gasteiger partial charge on any atom is -0.373 e. The van der Waals surface area contributed by atoms with Gasteiger partial charge in [0.05, 0.1) is 23.5 Å². The van der Waals surface area contributed by atoms with Crippen LogP contribution in [0.15, 0.2) is 0 Å². The van der Waals surface area contributed by atoms with Crippen LogP contribution in [0, 0.1) is 0 Å². The topological polar surface area (TPSA) is 134 Å². The largest absolute Gasteiger partial charge is 0.373 e. The summed E-state index contributed by atoms with van der Waals surface area (Å²) in [5.74, 6) is 0. The van der Waals surface area contributed by atoms with Gasteiger partial charge in [0.2, 0.25) is 0 Å². The summed E-state index contributed by atoms with van der Waals surface area (Å²) in [6, 6.07) is 0. The second-order valence-electron chi connectivity index (χ2n) is 5.43. The Bertz CT molecular complexity index is 334. The Morgan fingerprint density at radius 3 is 2.65 bits per heavy atom. The van der Waals surface area contributed by atoms with Crippen LogP contribution >= 0.6 is 0 Å². The molecule has 0 aromatic heterocycles. The monoisotopic (exact) mass is 340 g/mol. The van der Waals surface area contributed by atoms with Crippen molar-refractivity contribution in [3.8, 4) is 0 Å². The molecule has 4 N–H and O–H groups in total. The molecule has 0 bridgehead atoms. The summed E-state index contributed by atoms with van der Waals surface area (Å²) in [4.78, 5) is 9.02. The summed E-state index contributed by atoms with van der Waals surface area (Å²) in [5, 5.41) is 33.3. The highest BCUT2D eigenvalue weighted by molar-refractivity contribution is 4.89. The first-order valence-corrected chi connectivity index (χ1v) is 7.56. The van der Waals surface area contributed by atoms with Crippen LogP contribution in [-0.2, 0) is 23.9 Å². The zero-order valence-electron chi connectivity index (χ0n) is 12.7. The molecule has 0 saturated carbocycles. The molecule has 2 fully saturated rings. The number of ether oxygens (including phenoxy) is 3. The Balaban J connectivity index is 1.57. The predicted octanol–water partition coefficient (Wildman–Crippen LogP) is 0.122. The number of hydrogen-bond donors (Lipinski definition) is 4. The van der Waals surface area contributed by atoms with E-state index in [4.69, 9.17) is 35.0 Å². The van der Waals surface area contributed by atoms with Gasteiger partial charge in [-0.1, -0.05) is 0 Å². The van der Waals surface area contributed by atoms with Crippen molar-refractivity contribution >= 4 is 0 Å². The Morgan fingerprint density at radius 1 is 1.09 bits per heavy atom. The van der Waals surface area contributed by atoms with Crippen molar-refractivity contribution in [1.29, 1.82) is 0 Å². The van der Waals surface area contributed by atoms with Gasteiger partial charge in [-0.2, -0.15) is 0 Å². The van der Waals surface area contributed by atoms with E-state index in [2.05, 4.69) is 9.68 Å². The molecular formula is C12H24N2O9. The Morgan fingerprint density at radius 2 is 1.91 bits per heavy atom. The van der Waals surface area contributed by atoms with Crippen LogP contribution in [0.2, 0.25) is 0 Å². The molecule has 2 heterocycles. The molecule has 23 heavy (non-hydrogen) atoms. The summed E-state index contributed by atoms with van der Waals surface area (Å²) < 4.78 is 16.9. The molecule has 2 aliphatic rings. The Labute approximate surface area is 133 Å². The van der Waals surface area contributed by atoms with Crippen LogP contribution < -0.4 is 0 Å². The first kappa shape index (κ1) is 18.9. The number of fused-ring (bicyclic) bond motifs is 1. The van der Waals surface area contributed by atoms with E-state index in [1.807, 2.05) is 0 Å². The molecule has 0 amide bonds. The predicted molar refractivity (Wildman–Crippen MR) is 69.3 cm³/mol. The summed E-state index contributed by atoms with van der Waals surface area (Å²) in [7, 11) is 0. The first-order chi connectivity index (χ1) is 11.1. The molecule has 0 radical (unpaired) electrons. The summed E-state index contributed by atoms with van der Waals surface area (Å²) in [5.41, 5.74) is 0. The highest BCUT2D eigenvalue weighted by atomic mass is 17.1. The SMILES string of the molecule is ON(O)OCC(CCCCO[C@@H]1CO[C@@H]2CCO[C@@H]21)ON(O)O. The molecule has 11 nitrogen and oxygen atoms in total. The quantitative estimate of drug-likeness (QED) is 0.302. The highest BCUT2D eigenvalue weighted by Crippen LogP contribution is 2.28. The molecule has 0 spiro atoms. The van der Waals surface area contributed by atoms with Gasteiger partial charge in [0.1, 0.15) is 24.9 Å². The number of unbranched alkanes of at least 4 members (excludes halogenated alkanes) is 1. The van der Waals surface area contributed by atoms with E-state index in [9.17, 15) is 0 Å². The Hall–Kier alpha value is -0.440. The van der Waals surface area contributed by atoms with E-state index in [1.54, 1.807) is 0 Å². The fourth-order valence-electron chi connectivity index (χ4n) is 2.73. The number of nitrogens with zero attached hydrogens (tertiary/aromatic N) is 2. The average molecular weight is 340 g/mol. The maximum Gasteiger partial charge on any atom is 0.112 e. The molecule has 0 aliphatic carbocycles. The van der Waals surface area contributed by atoms with Crippen molar-refractivity contribution in [3.63, 3.8) is 0 Å². The third kappa shape index (κ3) is 6.52. The number of hydrogen-bond acceptors (Lipinski definition) is 11. The summed E-state index contributed by atoms with van der Waals surface area (Å²) in [6.45, 7) is 1.50. The van der Waals surface area contributed by atoms with E-state index in [0.29, 0.717) is 39.1 Å². The molecule has 1 unspecified atom stereocenters. The van der Waals surface area contributed by atoms with E-state index < -0.39 is 16.9 Å². The number of rotatable bonds is 11. The third-order valence-electron chi connectivity index (χ3n) is 3.79. The standard InChI is InChI=1S/C12H24N2O9/c15-13(16)22-7-9(23-14(17)18)3-1-2-5-19-11-8-21-10-4-6-20-12(10)11/h9-12,15-18H,1-8H2/t9?,10-,11-,12+/m1/s1. The minimum atomic E-state index is -0.760. The second-order valence-corrected chi connectivity index (χ2v) is 5.43. The highest BCUT2D eigenvalue weighted by Gasteiger charge is 2.42. The van der Waals surface area contributed by atoms with Gasteiger partial charge in [0.15, 0.2) is 0 Å². The average Bonchev–Trinajstić information content (AvgIpc) is 3.07. The maximum absolute atomic E-state index is 8.64. The van der Waals surface area contributed by atoms with Crippen LogP contribution in [0.25, 0.3) is 0 Å². The summed E-state index contributed by atoms with van der Waals surface area (Å²) >= 11 is 0. The Kier molecular flexibility index (Phi) is 8.02. The lowest BCUT2D eigenvalue weighted by molar-refractivity contribution is -0.527. The summed E-state index contributed by atoms with van der Waals surface area (Å²) in [6.07, 6.45) is 2.05. The van der Waals surface area contributed by atoms with Gasteiger partial charge in [-0.05, 0) is 25.7 Å². The fraction of sp³-hybridized carbons (Fsp3) is 1.00. The first-order valence-electron chi connectivity index (χ1n) is 7.56. The van der Waals surface area contributed by atoms with Gasteiger partial charge < -0.3 is 14.2 Å². The molecule has 4 atom stereocenters. The van der Waals surface area contributed by atoms with Crippen LogP contribution in [0.1, 0.15) is 25.7 Å². The van der Waals surface area contributed by atoms with Gasteiger partial charge in [-0.25, -0.2) is 9.68 Å². The molecule has 2 saturated heterocycles. The van der Waals surface area contributed by atoms with Gasteiger partial charge in [-0.3, -0.25) is 20.8 Å². The van der Waals surface area contributed by atoms with Gasteiger partial charge in [0, 0.05) is 13.2 Å². The van der Waals surface area contributed by atoms with E-state index >= 15 is 0 Å². The van der Waals surface area contributed by atoms with Crippen LogP contribution in [0.4, 0.5) is 0 Å². The van der Waals surface area contributed by atoms with E-state index in [1.165, 1.54) is 0 Å². The molecule has 11 heteroatoms. The maximum atomic E-state index is 8.64. The van der Waals surface area contributed by atoms with Gasteiger partial charge in [-0.15, -0.1) is 0 Å². The van der Waals surface area contributed by atoms with E-state index in [0.717, 1.165) is 6.42 Å². The van der Waals surface area contributed by atoms with Crippen molar-refractivity contribution in [2.45, 2.75) is 50.1 Å². The lowest BCUT2D eigenvalue weighted by atomic mass is 10.1. The molecule has 0 aromatic rings. The second kappa shape index (κ2) is 9.76. The lowest BCUT2D eigenvalue weighted by Crippen LogP contribution is -2.31. The van der Waals surface area contributed by atoms with Crippen molar-refractivity contribution in [1.82, 2.24) is 10.8 Å². The molecule has 136 valence electrons. The van der Waals surface area contributed by atoms with Gasteiger partial charge in [0.25, 0.3) is 0 Å². The smallest absolute Gasteiger partial charge is 0.112 e. The van der Waals surface area contributed by atoms with Gasteiger partial charge >= 0.3 is 0 Å². The zero-order valence-corrected chi connectivity index (χ0v) is 12.7. The fourth-order valence-corrected chi connectivity index (χ4v) is 2.73. The molecule has 2 rings (SSSR count). The van der Waals surface area contributed by atoms with Crippen molar-refractivity contribution < 1.29 is 44.7 Å². The van der Waals surface area contributed by atoms with Crippen LogP contribution in [0.3, 0.4) is 0 Å². The van der Waals surface area contributed by atoms with Crippen molar-refractivity contribution in [2.75, 3.05) is 26.4 Å². The van der Waals surface area contributed by atoms with Crippen LogP contribution in [-0.4, -0.2) is 82.5 Å². The van der Waals surface area contributed by atoms with Crippen LogP contribution in [0.5, 0.6) is 0 Å². The van der Waals surface area contributed by atoms with Crippen molar-refractivity contribution in [3.05, 3.63) is 0 Å². The normalized spacial score (nSPS) is 28.7. The van der Waals surface area contributed by atoms with Crippen molar-refractivity contribution in [2.24, 2.45) is 0 Å². The zero-order chi connectivity index (χ0) is 16.7.